The molecule has 0 spiro atoms. The zero-order valence-corrected chi connectivity index (χ0v) is 33.7. The number of nitrogens with zero attached hydrogens (tertiary/aromatic N) is 8. The summed E-state index contributed by atoms with van der Waals surface area (Å²) in [5.74, 6) is 3.53. The predicted octanol–water partition coefficient (Wildman–Crippen LogP) is 13.0. The predicted molar refractivity (Wildman–Crippen MR) is 255 cm³/mol. The van der Waals surface area contributed by atoms with Crippen molar-refractivity contribution in [2.24, 2.45) is 0 Å². The first-order valence-corrected chi connectivity index (χ1v) is 21.0. The van der Waals surface area contributed by atoms with E-state index in [1.165, 1.54) is 5.39 Å². The van der Waals surface area contributed by atoms with Crippen molar-refractivity contribution in [3.63, 3.8) is 0 Å². The largest absolute Gasteiger partial charge is 0.309 e. The average molecular weight is 807 g/mol. The Morgan fingerprint density at radius 2 is 0.857 bits per heavy atom. The van der Waals surface area contributed by atoms with Crippen molar-refractivity contribution in [2.45, 2.75) is 0 Å². The molecule has 0 aliphatic carbocycles. The van der Waals surface area contributed by atoms with Crippen LogP contribution < -0.4 is 0 Å². The Morgan fingerprint density at radius 3 is 1.57 bits per heavy atom. The molecule has 0 aliphatic heterocycles. The van der Waals surface area contributed by atoms with E-state index < -0.39 is 0 Å². The van der Waals surface area contributed by atoms with Gasteiger partial charge in [0.15, 0.2) is 17.5 Å². The van der Waals surface area contributed by atoms with Crippen LogP contribution in [0.4, 0.5) is 0 Å². The maximum Gasteiger partial charge on any atom is 0.164 e. The summed E-state index contributed by atoms with van der Waals surface area (Å²) in [5.41, 5.74) is 11.2. The summed E-state index contributed by atoms with van der Waals surface area (Å²) in [6.45, 7) is 0. The molecule has 0 atom stereocenters. The minimum Gasteiger partial charge on any atom is -0.309 e. The van der Waals surface area contributed by atoms with Crippen molar-refractivity contribution < 1.29 is 0 Å². The number of hydrogen-bond acceptors (Lipinski definition) is 5. The molecule has 6 heterocycles. The highest BCUT2D eigenvalue weighted by Crippen LogP contribution is 2.42. The van der Waals surface area contributed by atoms with Crippen molar-refractivity contribution in [3.8, 4) is 51.5 Å². The number of hydrogen-bond donors (Lipinski definition) is 0. The van der Waals surface area contributed by atoms with Gasteiger partial charge in [0.25, 0.3) is 0 Å². The molecule has 7 aromatic carbocycles. The van der Waals surface area contributed by atoms with Gasteiger partial charge in [0, 0.05) is 55.5 Å². The molecule has 0 unspecified atom stereocenters. The minimum atomic E-state index is 0.609. The van der Waals surface area contributed by atoms with Gasteiger partial charge in [-0.25, -0.2) is 19.9 Å². The number of benzene rings is 7. The molecule has 294 valence electrons. The van der Waals surface area contributed by atoms with Crippen LogP contribution >= 0.6 is 0 Å². The van der Waals surface area contributed by atoms with Crippen molar-refractivity contribution in [1.29, 1.82) is 0 Å². The molecule has 13 aromatic rings. The van der Waals surface area contributed by atoms with E-state index in [1.54, 1.807) is 0 Å². The van der Waals surface area contributed by atoms with Gasteiger partial charge in [0.1, 0.15) is 11.6 Å². The summed E-state index contributed by atoms with van der Waals surface area (Å²) in [6.07, 6.45) is 1.86. The quantitative estimate of drug-likeness (QED) is 0.167. The third kappa shape index (κ3) is 5.45. The standard InChI is InChI=1S/C55H34N8/c1-3-16-35(17-4-1)53-58-54(36-18-5-2-6-19-36)60-55(59-53)37-20-13-21-38(34-37)61-44-26-11-8-23-41(44)50-46(61)32-31-40-39-22-7-10-25-43(39)63(52(40)50)49-30-14-29-48(57-49)62-45-27-12-9-24-42(45)51-47(62)28-15-33-56-51/h1-34H. The maximum atomic E-state index is 5.49. The molecule has 0 amide bonds. The first-order chi connectivity index (χ1) is 31.3. The van der Waals surface area contributed by atoms with Crippen LogP contribution in [0.15, 0.2) is 206 Å². The molecule has 63 heavy (non-hydrogen) atoms. The number of fused-ring (bicyclic) bond motifs is 10. The average Bonchev–Trinajstić information content (AvgIpc) is 4.00. The lowest BCUT2D eigenvalue weighted by Crippen LogP contribution is -2.03. The molecule has 0 saturated carbocycles. The van der Waals surface area contributed by atoms with Crippen LogP contribution in [0.3, 0.4) is 0 Å². The van der Waals surface area contributed by atoms with Crippen molar-refractivity contribution in [3.05, 3.63) is 206 Å². The topological polar surface area (TPSA) is 79.2 Å². The summed E-state index contributed by atoms with van der Waals surface area (Å²) in [4.78, 5) is 25.4. The van der Waals surface area contributed by atoms with E-state index in [4.69, 9.17) is 24.9 Å². The summed E-state index contributed by atoms with van der Waals surface area (Å²) in [7, 11) is 0. The number of aromatic nitrogens is 8. The SMILES string of the molecule is c1ccc(-c2nc(-c3ccccc3)nc(-c3cccc(-n4c5ccccc5c5c4ccc4c6ccccc6n(-c6cccc(-n7c8ccccc8c8ncccc87)n6)c45)c3)n2)cc1. The van der Waals surface area contributed by atoms with E-state index in [0.29, 0.717) is 17.5 Å². The number of rotatable bonds is 6. The highest BCUT2D eigenvalue weighted by Gasteiger charge is 2.23. The number of para-hydroxylation sites is 3. The second-order valence-corrected chi connectivity index (χ2v) is 15.7. The molecule has 0 saturated heterocycles. The van der Waals surface area contributed by atoms with E-state index in [1.807, 2.05) is 72.9 Å². The van der Waals surface area contributed by atoms with Crippen molar-refractivity contribution in [1.82, 2.24) is 38.6 Å². The second kappa shape index (κ2) is 13.9. The molecular formula is C55H34N8. The van der Waals surface area contributed by atoms with Crippen LogP contribution in [0, 0.1) is 0 Å². The van der Waals surface area contributed by atoms with Gasteiger partial charge in [-0.3, -0.25) is 14.1 Å². The van der Waals surface area contributed by atoms with Crippen LogP contribution in [-0.2, 0) is 0 Å². The molecule has 8 nitrogen and oxygen atoms in total. The van der Waals surface area contributed by atoms with Gasteiger partial charge in [-0.15, -0.1) is 0 Å². The van der Waals surface area contributed by atoms with Gasteiger partial charge in [0.05, 0.1) is 38.6 Å². The molecule has 8 heteroatoms. The summed E-state index contributed by atoms with van der Waals surface area (Å²) in [6, 6.07) is 69.4. The highest BCUT2D eigenvalue weighted by atomic mass is 15.1. The molecule has 13 rings (SSSR count). The summed E-state index contributed by atoms with van der Waals surface area (Å²) >= 11 is 0. The van der Waals surface area contributed by atoms with Crippen molar-refractivity contribution >= 4 is 65.5 Å². The second-order valence-electron chi connectivity index (χ2n) is 15.7. The first kappa shape index (κ1) is 35.0. The fraction of sp³-hybridized carbons (Fsp3) is 0. The Balaban J connectivity index is 1.04. The van der Waals surface area contributed by atoms with Crippen LogP contribution in [-0.4, -0.2) is 38.6 Å². The molecule has 0 radical (unpaired) electrons. The lowest BCUT2D eigenvalue weighted by molar-refractivity contribution is 1.01. The Hall–Kier alpha value is -8.75. The molecule has 0 aliphatic rings. The van der Waals surface area contributed by atoms with Crippen LogP contribution in [0.25, 0.3) is 117 Å². The van der Waals surface area contributed by atoms with E-state index in [0.717, 1.165) is 94.2 Å². The van der Waals surface area contributed by atoms with E-state index in [2.05, 4.69) is 147 Å². The minimum absolute atomic E-state index is 0.609. The van der Waals surface area contributed by atoms with E-state index in [9.17, 15) is 0 Å². The smallest absolute Gasteiger partial charge is 0.164 e. The summed E-state index contributed by atoms with van der Waals surface area (Å²) in [5, 5.41) is 5.72. The Bertz CT molecular complexity index is 3810. The fourth-order valence-corrected chi connectivity index (χ4v) is 9.44. The third-order valence-corrected chi connectivity index (χ3v) is 12.1. The lowest BCUT2D eigenvalue weighted by Gasteiger charge is -2.13. The zero-order chi connectivity index (χ0) is 41.4. The molecule has 0 bridgehead atoms. The van der Waals surface area contributed by atoms with Crippen LogP contribution in [0.5, 0.6) is 0 Å². The van der Waals surface area contributed by atoms with Gasteiger partial charge < -0.3 is 4.57 Å². The lowest BCUT2D eigenvalue weighted by atomic mass is 10.1. The Labute approximate surface area is 360 Å². The third-order valence-electron chi connectivity index (χ3n) is 12.1. The van der Waals surface area contributed by atoms with Gasteiger partial charge in [-0.1, -0.05) is 140 Å². The van der Waals surface area contributed by atoms with Crippen molar-refractivity contribution in [2.75, 3.05) is 0 Å². The normalized spacial score (nSPS) is 11.8. The molecule has 0 N–H and O–H groups in total. The highest BCUT2D eigenvalue weighted by molar-refractivity contribution is 6.26. The molecule has 0 fully saturated rings. The summed E-state index contributed by atoms with van der Waals surface area (Å²) < 4.78 is 6.93. The van der Waals surface area contributed by atoms with Gasteiger partial charge in [-0.05, 0) is 60.7 Å². The number of pyridine rings is 2. The Kier molecular flexibility index (Phi) is 7.74. The fourth-order valence-electron chi connectivity index (χ4n) is 9.44. The first-order valence-electron chi connectivity index (χ1n) is 21.0. The molecular weight excluding hydrogens is 773 g/mol. The van der Waals surface area contributed by atoms with Crippen LogP contribution in [0.2, 0.25) is 0 Å². The van der Waals surface area contributed by atoms with Gasteiger partial charge >= 0.3 is 0 Å². The van der Waals surface area contributed by atoms with Gasteiger partial charge in [0.2, 0.25) is 0 Å². The van der Waals surface area contributed by atoms with Gasteiger partial charge in [-0.2, -0.15) is 0 Å². The van der Waals surface area contributed by atoms with Crippen LogP contribution in [0.1, 0.15) is 0 Å². The monoisotopic (exact) mass is 806 g/mol. The van der Waals surface area contributed by atoms with E-state index >= 15 is 0 Å². The molecule has 6 aromatic heterocycles. The van der Waals surface area contributed by atoms with E-state index in [-0.39, 0.29) is 0 Å². The zero-order valence-electron chi connectivity index (χ0n) is 33.7. The maximum absolute atomic E-state index is 5.49. The Morgan fingerprint density at radius 1 is 0.317 bits per heavy atom.